The lowest BCUT2D eigenvalue weighted by molar-refractivity contribution is -0.141. The summed E-state index contributed by atoms with van der Waals surface area (Å²) in [6.45, 7) is 1.22. The van der Waals surface area contributed by atoms with E-state index < -0.39 is 30.0 Å². The zero-order valence-electron chi connectivity index (χ0n) is 9.85. The highest BCUT2D eigenvalue weighted by molar-refractivity contribution is 9.10. The fourth-order valence-corrected chi connectivity index (χ4v) is 1.64. The Kier molecular flexibility index (Phi) is 5.25. The summed E-state index contributed by atoms with van der Waals surface area (Å²) in [6, 6.07) is 1.52. The number of aliphatic hydroxyl groups excluding tert-OH is 1. The van der Waals surface area contributed by atoms with Crippen molar-refractivity contribution in [2.45, 2.75) is 19.1 Å². The van der Waals surface area contributed by atoms with Crippen LogP contribution in [0.4, 0.5) is 14.9 Å². The molecule has 1 aromatic rings. The molecule has 0 heterocycles. The Bertz CT molecular complexity index is 496. The third kappa shape index (κ3) is 4.49. The molecule has 2 atom stereocenters. The minimum atomic E-state index is -1.48. The van der Waals surface area contributed by atoms with Crippen molar-refractivity contribution in [1.82, 2.24) is 5.32 Å². The number of amides is 2. The summed E-state index contributed by atoms with van der Waals surface area (Å²) in [7, 11) is 0. The van der Waals surface area contributed by atoms with Crippen molar-refractivity contribution in [3.05, 3.63) is 28.5 Å². The highest BCUT2D eigenvalue weighted by Gasteiger charge is 2.25. The molecular formula is C11H12BrFN2O4. The molecule has 19 heavy (non-hydrogen) atoms. The van der Waals surface area contributed by atoms with Crippen molar-refractivity contribution in [3.63, 3.8) is 0 Å². The second-order valence-electron chi connectivity index (χ2n) is 3.78. The molecule has 0 aliphatic rings. The molecule has 1 rings (SSSR count). The Balaban J connectivity index is 2.74. The van der Waals surface area contributed by atoms with Crippen LogP contribution in [0.25, 0.3) is 0 Å². The summed E-state index contributed by atoms with van der Waals surface area (Å²) in [5, 5.41) is 22.2. The average Bonchev–Trinajstić information content (AvgIpc) is 2.30. The van der Waals surface area contributed by atoms with E-state index in [9.17, 15) is 19.1 Å². The average molecular weight is 335 g/mol. The maximum atomic E-state index is 13.4. The summed E-state index contributed by atoms with van der Waals surface area (Å²) >= 11 is 3.11. The summed E-state index contributed by atoms with van der Waals surface area (Å²) in [5.74, 6) is -2.05. The molecule has 4 N–H and O–H groups in total. The second-order valence-corrected chi connectivity index (χ2v) is 4.69. The van der Waals surface area contributed by atoms with Crippen LogP contribution in [0.5, 0.6) is 0 Å². The molecule has 0 aromatic heterocycles. The smallest absolute Gasteiger partial charge is 0.328 e. The van der Waals surface area contributed by atoms with E-state index in [0.29, 0.717) is 4.47 Å². The molecule has 2 amide bonds. The minimum absolute atomic E-state index is 0.110. The lowest BCUT2D eigenvalue weighted by atomic mass is 10.2. The first-order chi connectivity index (χ1) is 8.81. The molecule has 0 unspecified atom stereocenters. The van der Waals surface area contributed by atoms with Crippen molar-refractivity contribution in [3.8, 4) is 0 Å². The fourth-order valence-electron chi connectivity index (χ4n) is 1.28. The Morgan fingerprint density at radius 2 is 2.05 bits per heavy atom. The normalized spacial score (nSPS) is 13.5. The van der Waals surface area contributed by atoms with Crippen LogP contribution in [0.3, 0.4) is 0 Å². The molecule has 0 spiro atoms. The second kappa shape index (κ2) is 6.48. The summed E-state index contributed by atoms with van der Waals surface area (Å²) < 4.78 is 13.9. The number of urea groups is 1. The molecule has 0 saturated carbocycles. The van der Waals surface area contributed by atoms with Gasteiger partial charge in [-0.2, -0.15) is 0 Å². The quantitative estimate of drug-likeness (QED) is 0.671. The largest absolute Gasteiger partial charge is 0.480 e. The SMILES string of the molecule is C[C@@H](O)[C@H](NC(=O)Nc1cc(Br)ccc1F)C(=O)O. The van der Waals surface area contributed by atoms with Gasteiger partial charge >= 0.3 is 12.0 Å². The lowest BCUT2D eigenvalue weighted by Gasteiger charge is -2.17. The molecule has 0 radical (unpaired) electrons. The van der Waals surface area contributed by atoms with Crippen molar-refractivity contribution in [2.75, 3.05) is 5.32 Å². The number of aliphatic hydroxyl groups is 1. The number of carbonyl (C=O) groups excluding carboxylic acids is 1. The van der Waals surface area contributed by atoms with Crippen LogP contribution in [0.1, 0.15) is 6.92 Å². The van der Waals surface area contributed by atoms with Crippen LogP contribution in [0.2, 0.25) is 0 Å². The molecule has 104 valence electrons. The maximum absolute atomic E-state index is 13.4. The van der Waals surface area contributed by atoms with Gasteiger partial charge in [-0.3, -0.25) is 0 Å². The number of carboxylic acid groups (broad SMARTS) is 1. The van der Waals surface area contributed by atoms with Crippen LogP contribution in [-0.2, 0) is 4.79 Å². The summed E-state index contributed by atoms with van der Waals surface area (Å²) in [6.07, 6.45) is -1.28. The molecular weight excluding hydrogens is 323 g/mol. The maximum Gasteiger partial charge on any atom is 0.328 e. The third-order valence-corrected chi connectivity index (χ3v) is 2.70. The molecule has 0 bridgehead atoms. The van der Waals surface area contributed by atoms with E-state index in [0.717, 1.165) is 6.07 Å². The van der Waals surface area contributed by atoms with Gasteiger partial charge in [0, 0.05) is 4.47 Å². The Morgan fingerprint density at radius 1 is 1.42 bits per heavy atom. The Hall–Kier alpha value is -1.67. The molecule has 0 aliphatic carbocycles. The number of carbonyl (C=O) groups is 2. The van der Waals surface area contributed by atoms with Gasteiger partial charge in [0.2, 0.25) is 0 Å². The predicted octanol–water partition coefficient (Wildman–Crippen LogP) is 1.54. The number of nitrogens with one attached hydrogen (secondary N) is 2. The van der Waals surface area contributed by atoms with Gasteiger partial charge in [0.05, 0.1) is 11.8 Å². The standard InChI is InChI=1S/C11H12BrFN2O4/c1-5(16)9(10(17)18)15-11(19)14-8-4-6(12)2-3-7(8)13/h2-5,9,16H,1H3,(H,17,18)(H2,14,15,19)/t5-,9+/m1/s1. The van der Waals surface area contributed by atoms with Gasteiger partial charge < -0.3 is 20.8 Å². The van der Waals surface area contributed by atoms with Crippen molar-refractivity contribution >= 4 is 33.6 Å². The molecule has 6 nitrogen and oxygen atoms in total. The van der Waals surface area contributed by atoms with E-state index in [2.05, 4.69) is 21.2 Å². The minimum Gasteiger partial charge on any atom is -0.480 e. The van der Waals surface area contributed by atoms with Crippen molar-refractivity contribution in [1.29, 1.82) is 0 Å². The van der Waals surface area contributed by atoms with Gasteiger partial charge in [0.1, 0.15) is 5.82 Å². The Morgan fingerprint density at radius 3 is 2.58 bits per heavy atom. The third-order valence-electron chi connectivity index (χ3n) is 2.21. The van der Waals surface area contributed by atoms with Crippen LogP contribution in [0.15, 0.2) is 22.7 Å². The first-order valence-corrected chi connectivity index (χ1v) is 6.04. The molecule has 0 fully saturated rings. The summed E-state index contributed by atoms with van der Waals surface area (Å²) in [4.78, 5) is 22.3. The van der Waals surface area contributed by atoms with E-state index in [1.807, 2.05) is 5.32 Å². The number of rotatable bonds is 4. The fraction of sp³-hybridized carbons (Fsp3) is 0.273. The van der Waals surface area contributed by atoms with E-state index in [1.54, 1.807) is 0 Å². The van der Waals surface area contributed by atoms with Gasteiger partial charge in [-0.05, 0) is 25.1 Å². The van der Waals surface area contributed by atoms with Gasteiger partial charge in [-0.1, -0.05) is 15.9 Å². The number of hydrogen-bond donors (Lipinski definition) is 4. The van der Waals surface area contributed by atoms with Crippen LogP contribution < -0.4 is 10.6 Å². The Labute approximate surface area is 116 Å². The van der Waals surface area contributed by atoms with Crippen LogP contribution in [-0.4, -0.2) is 34.4 Å². The molecule has 8 heteroatoms. The number of hydrogen-bond acceptors (Lipinski definition) is 3. The van der Waals surface area contributed by atoms with Gasteiger partial charge in [-0.15, -0.1) is 0 Å². The monoisotopic (exact) mass is 334 g/mol. The van der Waals surface area contributed by atoms with E-state index >= 15 is 0 Å². The number of halogens is 2. The van der Waals surface area contributed by atoms with Crippen LogP contribution in [0, 0.1) is 5.82 Å². The zero-order valence-corrected chi connectivity index (χ0v) is 11.4. The number of benzene rings is 1. The molecule has 0 aliphatic heterocycles. The number of carboxylic acids is 1. The number of aliphatic carboxylic acids is 1. The van der Waals surface area contributed by atoms with E-state index in [-0.39, 0.29) is 5.69 Å². The zero-order chi connectivity index (χ0) is 14.6. The lowest BCUT2D eigenvalue weighted by Crippen LogP contribution is -2.49. The molecule has 1 aromatic carbocycles. The van der Waals surface area contributed by atoms with Crippen molar-refractivity contribution in [2.24, 2.45) is 0 Å². The highest BCUT2D eigenvalue weighted by Crippen LogP contribution is 2.19. The first kappa shape index (κ1) is 15.4. The van der Waals surface area contributed by atoms with E-state index in [1.165, 1.54) is 19.1 Å². The van der Waals surface area contributed by atoms with Crippen LogP contribution >= 0.6 is 15.9 Å². The first-order valence-electron chi connectivity index (χ1n) is 5.24. The summed E-state index contributed by atoms with van der Waals surface area (Å²) in [5.41, 5.74) is -0.110. The van der Waals surface area contributed by atoms with Gasteiger partial charge in [0.25, 0.3) is 0 Å². The van der Waals surface area contributed by atoms with Gasteiger partial charge in [0.15, 0.2) is 6.04 Å². The van der Waals surface area contributed by atoms with Crippen molar-refractivity contribution < 1.29 is 24.2 Å². The number of anilines is 1. The highest BCUT2D eigenvalue weighted by atomic mass is 79.9. The van der Waals surface area contributed by atoms with Gasteiger partial charge in [-0.25, -0.2) is 14.0 Å². The van der Waals surface area contributed by atoms with E-state index in [4.69, 9.17) is 5.11 Å². The predicted molar refractivity (Wildman–Crippen MR) is 69.4 cm³/mol. The topological polar surface area (TPSA) is 98.7 Å². The molecule has 0 saturated heterocycles.